The van der Waals surface area contributed by atoms with Crippen LogP contribution in [0.4, 0.5) is 0 Å². The van der Waals surface area contributed by atoms with Crippen LogP contribution in [-0.4, -0.2) is 18.6 Å². The number of carbonyl (C=O) groups is 1. The molecule has 4 nitrogen and oxygen atoms in total. The molecule has 0 bridgehead atoms. The summed E-state index contributed by atoms with van der Waals surface area (Å²) >= 11 is 1.76. The second-order valence-electron chi connectivity index (χ2n) is 5.88. The molecule has 5 heteroatoms. The number of carbonyl (C=O) groups excluding carboxylic acids is 1. The molecule has 1 fully saturated rings. The minimum atomic E-state index is -0.0393. The van der Waals surface area contributed by atoms with E-state index in [1.54, 1.807) is 11.3 Å². The van der Waals surface area contributed by atoms with Crippen molar-refractivity contribution in [3.05, 3.63) is 52.2 Å². The van der Waals surface area contributed by atoms with Crippen molar-refractivity contribution in [2.24, 2.45) is 0 Å². The van der Waals surface area contributed by atoms with Crippen molar-refractivity contribution in [1.29, 1.82) is 0 Å². The molecule has 2 N–H and O–H groups in total. The zero-order valence-electron chi connectivity index (χ0n) is 13.2. The van der Waals surface area contributed by atoms with Gasteiger partial charge in [0.15, 0.2) is 6.61 Å². The van der Waals surface area contributed by atoms with Gasteiger partial charge in [-0.25, -0.2) is 0 Å². The van der Waals surface area contributed by atoms with Crippen molar-refractivity contribution in [3.63, 3.8) is 0 Å². The van der Waals surface area contributed by atoms with Crippen LogP contribution in [0.2, 0.25) is 0 Å². The highest BCUT2D eigenvalue weighted by Gasteiger charge is 2.23. The van der Waals surface area contributed by atoms with Gasteiger partial charge in [-0.2, -0.15) is 0 Å². The Bertz CT molecular complexity index is 621. The first kappa shape index (κ1) is 16.0. The minimum absolute atomic E-state index is 0.0393. The molecule has 122 valence electrons. The first-order valence-corrected chi connectivity index (χ1v) is 8.86. The maximum Gasteiger partial charge on any atom is 0.258 e. The minimum Gasteiger partial charge on any atom is -0.484 e. The van der Waals surface area contributed by atoms with E-state index in [4.69, 9.17) is 4.74 Å². The average Bonchev–Trinajstić information content (AvgIpc) is 3.22. The van der Waals surface area contributed by atoms with Gasteiger partial charge in [0, 0.05) is 23.5 Å². The van der Waals surface area contributed by atoms with Gasteiger partial charge in [-0.3, -0.25) is 4.79 Å². The van der Waals surface area contributed by atoms with Crippen LogP contribution in [-0.2, 0) is 11.3 Å². The zero-order valence-corrected chi connectivity index (χ0v) is 14.1. The lowest BCUT2D eigenvalue weighted by atomic mass is 10.1. The van der Waals surface area contributed by atoms with Crippen molar-refractivity contribution >= 4 is 17.2 Å². The highest BCUT2D eigenvalue weighted by Crippen LogP contribution is 2.20. The molecule has 1 saturated carbocycles. The van der Waals surface area contributed by atoms with E-state index in [0.29, 0.717) is 6.04 Å². The van der Waals surface area contributed by atoms with Gasteiger partial charge in [0.05, 0.1) is 0 Å². The highest BCUT2D eigenvalue weighted by molar-refractivity contribution is 7.09. The van der Waals surface area contributed by atoms with Crippen molar-refractivity contribution in [2.45, 2.75) is 38.4 Å². The van der Waals surface area contributed by atoms with Gasteiger partial charge in [0.25, 0.3) is 5.91 Å². The first-order chi connectivity index (χ1) is 11.2. The van der Waals surface area contributed by atoms with Crippen LogP contribution in [0.1, 0.15) is 36.2 Å². The van der Waals surface area contributed by atoms with E-state index in [0.717, 1.165) is 25.1 Å². The summed E-state index contributed by atoms with van der Waals surface area (Å²) in [6, 6.07) is 12.8. The smallest absolute Gasteiger partial charge is 0.258 e. The predicted octanol–water partition coefficient (Wildman–Crippen LogP) is 3.26. The van der Waals surface area contributed by atoms with Crippen LogP contribution in [0.25, 0.3) is 0 Å². The molecule has 23 heavy (non-hydrogen) atoms. The molecule has 1 unspecified atom stereocenters. The SMILES string of the molecule is CC(NCc1cccs1)c1ccc(OCC(=O)NC2CC2)cc1. The Morgan fingerprint density at radius 1 is 1.30 bits per heavy atom. The summed E-state index contributed by atoms with van der Waals surface area (Å²) in [6.07, 6.45) is 2.19. The second-order valence-corrected chi connectivity index (χ2v) is 6.91. The quantitative estimate of drug-likeness (QED) is 0.781. The number of rotatable bonds is 8. The van der Waals surface area contributed by atoms with E-state index in [9.17, 15) is 4.79 Å². The van der Waals surface area contributed by atoms with Crippen LogP contribution in [0.3, 0.4) is 0 Å². The summed E-state index contributed by atoms with van der Waals surface area (Å²) in [7, 11) is 0. The Hall–Kier alpha value is -1.85. The third-order valence-corrected chi connectivity index (χ3v) is 4.73. The second kappa shape index (κ2) is 7.62. The Morgan fingerprint density at radius 2 is 2.09 bits per heavy atom. The van der Waals surface area contributed by atoms with Crippen molar-refractivity contribution in [3.8, 4) is 5.75 Å². The van der Waals surface area contributed by atoms with E-state index >= 15 is 0 Å². The molecule has 1 aliphatic rings. The van der Waals surface area contributed by atoms with Gasteiger partial charge in [-0.05, 0) is 48.9 Å². The van der Waals surface area contributed by atoms with E-state index in [2.05, 4.69) is 35.1 Å². The maximum atomic E-state index is 11.6. The number of benzene rings is 1. The van der Waals surface area contributed by atoms with E-state index in [1.165, 1.54) is 10.4 Å². The van der Waals surface area contributed by atoms with E-state index in [1.807, 2.05) is 24.3 Å². The zero-order chi connectivity index (χ0) is 16.1. The average molecular weight is 330 g/mol. The standard InChI is InChI=1S/C18H22N2O2S/c1-13(19-11-17-3-2-10-23-17)14-4-8-16(9-5-14)22-12-18(21)20-15-6-7-15/h2-5,8-10,13,15,19H,6-7,11-12H2,1H3,(H,20,21). The van der Waals surface area contributed by atoms with Gasteiger partial charge in [-0.1, -0.05) is 18.2 Å². The molecular weight excluding hydrogens is 308 g/mol. The lowest BCUT2D eigenvalue weighted by Gasteiger charge is -2.14. The molecule has 2 aromatic rings. The number of nitrogens with one attached hydrogen (secondary N) is 2. The highest BCUT2D eigenvalue weighted by atomic mass is 32.1. The summed E-state index contributed by atoms with van der Waals surface area (Å²) in [5.41, 5.74) is 1.20. The monoisotopic (exact) mass is 330 g/mol. The molecule has 1 aliphatic carbocycles. The number of ether oxygens (including phenoxy) is 1. The largest absolute Gasteiger partial charge is 0.484 e. The lowest BCUT2D eigenvalue weighted by molar-refractivity contribution is -0.123. The van der Waals surface area contributed by atoms with Gasteiger partial charge in [0.1, 0.15) is 5.75 Å². The van der Waals surface area contributed by atoms with Gasteiger partial charge in [-0.15, -0.1) is 11.3 Å². The van der Waals surface area contributed by atoms with Crippen LogP contribution < -0.4 is 15.4 Å². The van der Waals surface area contributed by atoms with Crippen molar-refractivity contribution < 1.29 is 9.53 Å². The Kier molecular flexibility index (Phi) is 5.31. The summed E-state index contributed by atoms with van der Waals surface area (Å²) in [5.74, 6) is 0.688. The molecule has 1 aromatic heterocycles. The summed E-state index contributed by atoms with van der Waals surface area (Å²) in [4.78, 5) is 12.9. The molecule has 1 atom stereocenters. The van der Waals surface area contributed by atoms with Crippen molar-refractivity contribution in [2.75, 3.05) is 6.61 Å². The van der Waals surface area contributed by atoms with Crippen LogP contribution in [0, 0.1) is 0 Å². The van der Waals surface area contributed by atoms with Gasteiger partial charge < -0.3 is 15.4 Å². The molecule has 0 saturated heterocycles. The molecule has 1 heterocycles. The topological polar surface area (TPSA) is 50.4 Å². The summed E-state index contributed by atoms with van der Waals surface area (Å²) < 4.78 is 5.52. The third-order valence-electron chi connectivity index (χ3n) is 3.86. The predicted molar refractivity (Wildman–Crippen MR) is 92.7 cm³/mol. The molecule has 3 rings (SSSR count). The summed E-state index contributed by atoms with van der Waals surface area (Å²) in [5, 5.41) is 8.51. The Balaban J connectivity index is 1.44. The number of hydrogen-bond acceptors (Lipinski definition) is 4. The van der Waals surface area contributed by atoms with Gasteiger partial charge >= 0.3 is 0 Å². The molecule has 0 radical (unpaired) electrons. The van der Waals surface area contributed by atoms with Crippen LogP contribution in [0.5, 0.6) is 5.75 Å². The fourth-order valence-corrected chi connectivity index (χ4v) is 2.94. The first-order valence-electron chi connectivity index (χ1n) is 7.98. The number of hydrogen-bond donors (Lipinski definition) is 2. The molecule has 0 aliphatic heterocycles. The lowest BCUT2D eigenvalue weighted by Crippen LogP contribution is -2.30. The number of amides is 1. The van der Waals surface area contributed by atoms with E-state index in [-0.39, 0.29) is 18.6 Å². The maximum absolute atomic E-state index is 11.6. The van der Waals surface area contributed by atoms with Gasteiger partial charge in [0.2, 0.25) is 0 Å². The van der Waals surface area contributed by atoms with Crippen LogP contribution in [0.15, 0.2) is 41.8 Å². The van der Waals surface area contributed by atoms with Crippen molar-refractivity contribution in [1.82, 2.24) is 10.6 Å². The Labute approximate surface area is 140 Å². The molecule has 0 spiro atoms. The fraction of sp³-hybridized carbons (Fsp3) is 0.389. The molecule has 1 amide bonds. The molecule has 1 aromatic carbocycles. The van der Waals surface area contributed by atoms with E-state index < -0.39 is 0 Å². The normalized spacial score (nSPS) is 15.2. The fourth-order valence-electron chi connectivity index (χ4n) is 2.28. The van der Waals surface area contributed by atoms with Crippen LogP contribution >= 0.6 is 11.3 Å². The molecular formula is C18H22N2O2S. The number of thiophene rings is 1. The third kappa shape index (κ3) is 5.08. The summed E-state index contributed by atoms with van der Waals surface area (Å²) in [6.45, 7) is 3.10. The Morgan fingerprint density at radius 3 is 2.74 bits per heavy atom.